The van der Waals surface area contributed by atoms with Crippen LogP contribution in [0.3, 0.4) is 0 Å². The number of halogens is 1. The van der Waals surface area contributed by atoms with Crippen LogP contribution in [-0.4, -0.2) is 30.1 Å². The van der Waals surface area contributed by atoms with Gasteiger partial charge in [0.1, 0.15) is 11.7 Å². The number of benzene rings is 2. The number of amides is 1. The van der Waals surface area contributed by atoms with E-state index < -0.39 is 11.7 Å². The van der Waals surface area contributed by atoms with Crippen molar-refractivity contribution in [3.05, 3.63) is 71.0 Å². The summed E-state index contributed by atoms with van der Waals surface area (Å²) in [6, 6.07) is 14.1. The maximum atomic E-state index is 13.9. The molecule has 7 heteroatoms. The zero-order valence-corrected chi connectivity index (χ0v) is 17.0. The second kappa shape index (κ2) is 9.63. The fourth-order valence-corrected chi connectivity index (χ4v) is 3.75. The maximum Gasteiger partial charge on any atom is 0.223 e. The average molecular weight is 410 g/mol. The Balaban J connectivity index is 1.48. The van der Waals surface area contributed by atoms with E-state index in [-0.39, 0.29) is 42.1 Å². The zero-order chi connectivity index (χ0) is 21.7. The molecular weight excluding hydrogens is 383 g/mol. The lowest BCUT2D eigenvalue weighted by Crippen LogP contribution is -2.35. The predicted molar refractivity (Wildman–Crippen MR) is 114 cm³/mol. The minimum absolute atomic E-state index is 0.0295. The second-order valence-corrected chi connectivity index (χ2v) is 7.82. The van der Waals surface area contributed by atoms with Gasteiger partial charge < -0.3 is 16.4 Å². The first-order valence-corrected chi connectivity index (χ1v) is 10.1. The number of nitrogens with one attached hydrogen (secondary N) is 3. The van der Waals surface area contributed by atoms with Crippen LogP contribution in [0, 0.1) is 17.1 Å². The minimum atomic E-state index is -0.599. The molecule has 0 radical (unpaired) electrons. The van der Waals surface area contributed by atoms with E-state index in [9.17, 15) is 14.0 Å². The summed E-state index contributed by atoms with van der Waals surface area (Å²) in [5.41, 5.74) is 7.11. The van der Waals surface area contributed by atoms with Crippen molar-refractivity contribution in [3.8, 4) is 0 Å². The molecule has 1 saturated heterocycles. The average Bonchev–Trinajstić information content (AvgIpc) is 3.23. The van der Waals surface area contributed by atoms with E-state index in [2.05, 4.69) is 22.8 Å². The molecule has 1 amide bonds. The van der Waals surface area contributed by atoms with E-state index in [1.807, 2.05) is 18.2 Å². The Bertz CT molecular complexity index is 932. The van der Waals surface area contributed by atoms with Crippen LogP contribution in [0.4, 0.5) is 4.39 Å². The van der Waals surface area contributed by atoms with Crippen molar-refractivity contribution in [1.82, 2.24) is 10.6 Å². The van der Waals surface area contributed by atoms with E-state index >= 15 is 0 Å². The molecule has 1 aliphatic rings. The molecule has 3 atom stereocenters. The number of ketones is 1. The molecule has 5 N–H and O–H groups in total. The van der Waals surface area contributed by atoms with Gasteiger partial charge in [0.15, 0.2) is 5.78 Å². The van der Waals surface area contributed by atoms with Crippen molar-refractivity contribution in [1.29, 1.82) is 5.41 Å². The number of amidine groups is 1. The Labute approximate surface area is 175 Å². The lowest BCUT2D eigenvalue weighted by atomic mass is 9.92. The highest BCUT2D eigenvalue weighted by Crippen LogP contribution is 2.26. The van der Waals surface area contributed by atoms with Crippen molar-refractivity contribution >= 4 is 17.5 Å². The van der Waals surface area contributed by atoms with Gasteiger partial charge >= 0.3 is 0 Å². The molecule has 0 saturated carbocycles. The SMILES string of the molecule is C[C@H](CC(=O)[C@H]1C[C@H](c2ccccc2)CN1)C(=O)NCc1ccc(C(=N)N)c(F)c1. The molecule has 2 aromatic carbocycles. The standard InChI is InChI=1S/C23H27FN4O2/c1-14(23(30)28-12-15-7-8-18(22(25)26)19(24)10-15)9-21(29)20-11-17(13-27-20)16-5-3-2-4-6-16/h2-8,10,14,17,20,27H,9,11-13H2,1H3,(H3,25,26)(H,28,30)/t14-,17+,20-/m1/s1. The summed E-state index contributed by atoms with van der Waals surface area (Å²) in [5.74, 6) is -1.33. The number of carbonyl (C=O) groups excluding carboxylic acids is 2. The summed E-state index contributed by atoms with van der Waals surface area (Å²) in [7, 11) is 0. The number of nitrogens with two attached hydrogens (primary N) is 1. The predicted octanol–water partition coefficient (Wildman–Crippen LogP) is 2.47. The van der Waals surface area contributed by atoms with Crippen molar-refractivity contribution in [2.75, 3.05) is 6.54 Å². The Hall–Kier alpha value is -3.06. The number of hydrogen-bond donors (Lipinski definition) is 4. The van der Waals surface area contributed by atoms with Crippen LogP contribution >= 0.6 is 0 Å². The largest absolute Gasteiger partial charge is 0.384 e. The van der Waals surface area contributed by atoms with Crippen LogP contribution < -0.4 is 16.4 Å². The smallest absolute Gasteiger partial charge is 0.223 e. The lowest BCUT2D eigenvalue weighted by molar-refractivity contribution is -0.129. The zero-order valence-electron chi connectivity index (χ0n) is 17.0. The van der Waals surface area contributed by atoms with E-state index in [0.717, 1.165) is 13.0 Å². The molecular formula is C23H27FN4O2. The topological polar surface area (TPSA) is 108 Å². The monoisotopic (exact) mass is 410 g/mol. The number of rotatable bonds is 8. The van der Waals surface area contributed by atoms with E-state index in [4.69, 9.17) is 11.1 Å². The normalized spacial score (nSPS) is 19.3. The molecule has 1 heterocycles. The van der Waals surface area contributed by atoms with E-state index in [0.29, 0.717) is 11.5 Å². The van der Waals surface area contributed by atoms with Gasteiger partial charge in [0.2, 0.25) is 5.91 Å². The Morgan fingerprint density at radius 1 is 1.27 bits per heavy atom. The van der Waals surface area contributed by atoms with Crippen LogP contribution in [0.2, 0.25) is 0 Å². The molecule has 1 fully saturated rings. The molecule has 30 heavy (non-hydrogen) atoms. The summed E-state index contributed by atoms with van der Waals surface area (Å²) in [5, 5.41) is 13.3. The van der Waals surface area contributed by atoms with E-state index in [1.165, 1.54) is 17.7 Å². The maximum absolute atomic E-state index is 13.9. The molecule has 0 aromatic heterocycles. The van der Waals surface area contributed by atoms with Crippen molar-refractivity contribution in [2.45, 2.75) is 38.3 Å². The fraction of sp³-hybridized carbons (Fsp3) is 0.348. The number of hydrogen-bond acceptors (Lipinski definition) is 4. The van der Waals surface area contributed by atoms with Gasteiger partial charge in [0.05, 0.1) is 11.6 Å². The van der Waals surface area contributed by atoms with Crippen LogP contribution in [0.1, 0.15) is 42.4 Å². The molecule has 0 aliphatic carbocycles. The van der Waals surface area contributed by atoms with Crippen molar-refractivity contribution in [3.63, 3.8) is 0 Å². The highest BCUT2D eigenvalue weighted by molar-refractivity contribution is 5.95. The molecule has 6 nitrogen and oxygen atoms in total. The van der Waals surface area contributed by atoms with Crippen LogP contribution in [0.25, 0.3) is 0 Å². The Morgan fingerprint density at radius 2 is 2.00 bits per heavy atom. The van der Waals surface area contributed by atoms with Gasteiger partial charge in [0, 0.05) is 25.4 Å². The number of Topliss-reactive ketones (excluding diaryl/α,β-unsaturated/α-hetero) is 1. The first-order chi connectivity index (χ1) is 14.3. The Kier molecular flexibility index (Phi) is 6.95. The summed E-state index contributed by atoms with van der Waals surface area (Å²) in [4.78, 5) is 25.0. The number of nitrogen functional groups attached to an aromatic ring is 1. The molecule has 0 spiro atoms. The minimum Gasteiger partial charge on any atom is -0.384 e. The van der Waals surface area contributed by atoms with Gasteiger partial charge in [-0.2, -0.15) is 0 Å². The lowest BCUT2D eigenvalue weighted by Gasteiger charge is -2.15. The second-order valence-electron chi connectivity index (χ2n) is 7.82. The summed E-state index contributed by atoms with van der Waals surface area (Å²) in [6.07, 6.45) is 0.890. The first kappa shape index (κ1) is 21.6. The van der Waals surface area contributed by atoms with Gasteiger partial charge in [-0.15, -0.1) is 0 Å². The van der Waals surface area contributed by atoms with Gasteiger partial charge in [-0.05, 0) is 35.6 Å². The highest BCUT2D eigenvalue weighted by atomic mass is 19.1. The van der Waals surface area contributed by atoms with Gasteiger partial charge in [-0.3, -0.25) is 15.0 Å². The molecule has 0 unspecified atom stereocenters. The molecule has 3 rings (SSSR count). The van der Waals surface area contributed by atoms with Gasteiger partial charge in [0.25, 0.3) is 0 Å². The van der Waals surface area contributed by atoms with Crippen LogP contribution in [0.15, 0.2) is 48.5 Å². The molecule has 0 bridgehead atoms. The Morgan fingerprint density at radius 3 is 2.67 bits per heavy atom. The summed E-state index contributed by atoms with van der Waals surface area (Å²) < 4.78 is 13.9. The molecule has 2 aromatic rings. The first-order valence-electron chi connectivity index (χ1n) is 10.1. The highest BCUT2D eigenvalue weighted by Gasteiger charge is 2.31. The fourth-order valence-electron chi connectivity index (χ4n) is 3.75. The van der Waals surface area contributed by atoms with Crippen LogP contribution in [0.5, 0.6) is 0 Å². The summed E-state index contributed by atoms with van der Waals surface area (Å²) >= 11 is 0. The van der Waals surface area contributed by atoms with Crippen molar-refractivity contribution < 1.29 is 14.0 Å². The quantitative estimate of drug-likeness (QED) is 0.396. The van der Waals surface area contributed by atoms with Crippen LogP contribution in [-0.2, 0) is 16.1 Å². The van der Waals surface area contributed by atoms with Gasteiger partial charge in [-0.25, -0.2) is 4.39 Å². The molecule has 1 aliphatic heterocycles. The molecule has 158 valence electrons. The van der Waals surface area contributed by atoms with Gasteiger partial charge in [-0.1, -0.05) is 43.3 Å². The van der Waals surface area contributed by atoms with Crippen molar-refractivity contribution in [2.24, 2.45) is 11.7 Å². The van der Waals surface area contributed by atoms with E-state index in [1.54, 1.807) is 13.0 Å². The third-order valence-electron chi connectivity index (χ3n) is 5.54. The third-order valence-corrected chi connectivity index (χ3v) is 5.54. The third kappa shape index (κ3) is 5.30. The summed E-state index contributed by atoms with van der Waals surface area (Å²) in [6.45, 7) is 2.61. The number of carbonyl (C=O) groups is 2.